The topological polar surface area (TPSA) is 79.5 Å². The first-order chi connectivity index (χ1) is 13.1. The third-order valence-electron chi connectivity index (χ3n) is 3.54. The average molecular weight is 424 g/mol. The number of anilines is 1. The average Bonchev–Trinajstić information content (AvgIpc) is 2.61. The van der Waals surface area contributed by atoms with Crippen molar-refractivity contribution in [3.05, 3.63) is 64.1 Å². The van der Waals surface area contributed by atoms with E-state index in [9.17, 15) is 9.59 Å². The summed E-state index contributed by atoms with van der Waals surface area (Å²) in [5.41, 5.74) is 5.94. The van der Waals surface area contributed by atoms with Crippen LogP contribution in [0.15, 0.2) is 48.5 Å². The molecule has 0 bridgehead atoms. The smallest absolute Gasteiger partial charge is 0.408 e. The number of nitrogens with one attached hydrogen (secondary N) is 3. The Bertz CT molecular complexity index is 823. The summed E-state index contributed by atoms with van der Waals surface area (Å²) in [5, 5.41) is 3.47. The minimum atomic E-state index is -0.859. The molecule has 150 valence electrons. The zero-order chi connectivity index (χ0) is 20.7. The van der Waals surface area contributed by atoms with Crippen LogP contribution in [-0.4, -0.2) is 23.6 Å². The van der Waals surface area contributed by atoms with Gasteiger partial charge in [0.1, 0.15) is 11.6 Å². The van der Waals surface area contributed by atoms with Gasteiger partial charge in [-0.2, -0.15) is 0 Å². The van der Waals surface area contributed by atoms with Crippen molar-refractivity contribution in [1.82, 2.24) is 10.7 Å². The van der Waals surface area contributed by atoms with Crippen molar-refractivity contribution in [1.29, 1.82) is 0 Å². The van der Waals surface area contributed by atoms with Crippen molar-refractivity contribution in [2.45, 2.75) is 38.8 Å². The Labute approximate surface area is 174 Å². The molecule has 1 unspecified atom stereocenters. The molecule has 6 nitrogen and oxygen atoms in total. The molecule has 0 aliphatic rings. The first-order valence-corrected chi connectivity index (χ1v) is 9.44. The fraction of sp³-hybridized carbons (Fsp3) is 0.300. The molecule has 2 aromatic rings. The highest BCUT2D eigenvalue weighted by Crippen LogP contribution is 2.24. The number of alkyl carbamates (subject to hydrolysis) is 1. The molecule has 0 saturated heterocycles. The fourth-order valence-electron chi connectivity index (χ4n) is 2.32. The number of carbonyl (C=O) groups excluding carboxylic acids is 2. The van der Waals surface area contributed by atoms with Gasteiger partial charge in [0, 0.05) is 11.4 Å². The summed E-state index contributed by atoms with van der Waals surface area (Å²) < 4.78 is 5.26. The predicted octanol–water partition coefficient (Wildman–Crippen LogP) is 4.57. The normalized spacial score (nSPS) is 12.0. The monoisotopic (exact) mass is 423 g/mol. The van der Waals surface area contributed by atoms with Gasteiger partial charge in [-0.1, -0.05) is 53.5 Å². The third-order valence-corrected chi connectivity index (χ3v) is 4.10. The molecule has 0 fully saturated rings. The maximum atomic E-state index is 12.7. The minimum absolute atomic E-state index is 0.289. The van der Waals surface area contributed by atoms with Crippen molar-refractivity contribution >= 4 is 40.9 Å². The molecule has 0 radical (unpaired) electrons. The molecule has 0 aliphatic heterocycles. The number of hydrazine groups is 1. The van der Waals surface area contributed by atoms with Crippen LogP contribution in [0.4, 0.5) is 10.5 Å². The molecule has 0 aliphatic carbocycles. The molecule has 2 amide bonds. The lowest BCUT2D eigenvalue weighted by Gasteiger charge is -2.23. The lowest BCUT2D eigenvalue weighted by atomic mass is 10.1. The lowest BCUT2D eigenvalue weighted by molar-refractivity contribution is -0.122. The Morgan fingerprint density at radius 3 is 2.39 bits per heavy atom. The Hall–Kier alpha value is -2.44. The van der Waals surface area contributed by atoms with Crippen LogP contribution in [0.2, 0.25) is 10.0 Å². The molecular formula is C20H23Cl2N3O3. The highest BCUT2D eigenvalue weighted by atomic mass is 35.5. The van der Waals surface area contributed by atoms with Gasteiger partial charge in [-0.25, -0.2) is 4.79 Å². The number of halogens is 2. The van der Waals surface area contributed by atoms with E-state index in [0.29, 0.717) is 15.7 Å². The molecule has 0 saturated carbocycles. The minimum Gasteiger partial charge on any atom is -0.444 e. The fourth-order valence-corrected chi connectivity index (χ4v) is 2.66. The molecule has 2 rings (SSSR count). The number of rotatable bonds is 6. The Balaban J connectivity index is 2.09. The molecule has 0 spiro atoms. The second kappa shape index (κ2) is 9.66. The van der Waals surface area contributed by atoms with Crippen LogP contribution in [0.1, 0.15) is 26.3 Å². The second-order valence-electron chi connectivity index (χ2n) is 7.13. The van der Waals surface area contributed by atoms with Crippen molar-refractivity contribution in [3.63, 3.8) is 0 Å². The number of amides is 2. The van der Waals surface area contributed by atoms with Crippen LogP contribution >= 0.6 is 23.2 Å². The van der Waals surface area contributed by atoms with Gasteiger partial charge >= 0.3 is 6.09 Å². The van der Waals surface area contributed by atoms with Crippen LogP contribution in [0.25, 0.3) is 0 Å². The molecule has 3 N–H and O–H groups in total. The zero-order valence-electron chi connectivity index (χ0n) is 15.9. The second-order valence-corrected chi connectivity index (χ2v) is 7.97. The maximum absolute atomic E-state index is 12.7. The van der Waals surface area contributed by atoms with Crippen LogP contribution in [0, 0.1) is 0 Å². The van der Waals surface area contributed by atoms with Gasteiger partial charge in [0.15, 0.2) is 0 Å². The Morgan fingerprint density at radius 2 is 1.75 bits per heavy atom. The number of carbonyl (C=O) groups is 2. The summed E-state index contributed by atoms with van der Waals surface area (Å²) in [4.78, 5) is 24.9. The van der Waals surface area contributed by atoms with E-state index in [1.807, 2.05) is 30.3 Å². The summed E-state index contributed by atoms with van der Waals surface area (Å²) in [6, 6.07) is 13.3. The van der Waals surface area contributed by atoms with Crippen molar-refractivity contribution in [2.75, 3.05) is 5.43 Å². The highest BCUT2D eigenvalue weighted by Gasteiger charge is 2.24. The SMILES string of the molecule is CC(C)(C)OC(=O)NC(Cc1ccccc1)C(=O)NNc1cc(Cl)ccc1Cl. The van der Waals surface area contributed by atoms with Crippen molar-refractivity contribution in [2.24, 2.45) is 0 Å². The van der Waals surface area contributed by atoms with Gasteiger partial charge < -0.3 is 10.1 Å². The van der Waals surface area contributed by atoms with Gasteiger partial charge in [-0.15, -0.1) is 0 Å². The molecule has 8 heteroatoms. The Morgan fingerprint density at radius 1 is 1.07 bits per heavy atom. The first kappa shape index (κ1) is 21.9. The van der Waals surface area contributed by atoms with Gasteiger partial charge in [0.05, 0.1) is 10.7 Å². The van der Waals surface area contributed by atoms with Gasteiger partial charge in [0.2, 0.25) is 0 Å². The third kappa shape index (κ3) is 7.29. The first-order valence-electron chi connectivity index (χ1n) is 8.68. The van der Waals surface area contributed by atoms with Crippen LogP contribution < -0.4 is 16.2 Å². The van der Waals surface area contributed by atoms with E-state index in [2.05, 4.69) is 16.2 Å². The number of hydrogen-bond acceptors (Lipinski definition) is 4. The maximum Gasteiger partial charge on any atom is 0.408 e. The molecular weight excluding hydrogens is 401 g/mol. The van der Waals surface area contributed by atoms with E-state index in [0.717, 1.165) is 5.56 Å². The lowest BCUT2D eigenvalue weighted by Crippen LogP contribution is -2.50. The Kier molecular flexibility index (Phi) is 7.54. The van der Waals surface area contributed by atoms with Crippen molar-refractivity contribution < 1.29 is 14.3 Å². The zero-order valence-corrected chi connectivity index (χ0v) is 17.4. The number of hydrogen-bond donors (Lipinski definition) is 3. The highest BCUT2D eigenvalue weighted by molar-refractivity contribution is 6.35. The van der Waals surface area contributed by atoms with E-state index >= 15 is 0 Å². The largest absolute Gasteiger partial charge is 0.444 e. The van der Waals surface area contributed by atoms with Gasteiger partial charge in [-0.05, 0) is 44.5 Å². The summed E-state index contributed by atoms with van der Waals surface area (Å²) in [6.45, 7) is 5.25. The standard InChI is InChI=1S/C20H23Cl2N3O3/c1-20(2,3)28-19(27)23-17(11-13-7-5-4-6-8-13)18(26)25-24-16-12-14(21)9-10-15(16)22/h4-10,12,17,24H,11H2,1-3H3,(H,23,27)(H,25,26). The van der Waals surface area contributed by atoms with Gasteiger partial charge in [-0.3, -0.25) is 15.6 Å². The van der Waals surface area contributed by atoms with E-state index < -0.39 is 23.6 Å². The van der Waals surface area contributed by atoms with Crippen LogP contribution in [0.3, 0.4) is 0 Å². The van der Waals surface area contributed by atoms with Gasteiger partial charge in [0.25, 0.3) is 5.91 Å². The summed E-state index contributed by atoms with van der Waals surface area (Å²) in [6.07, 6.45) is -0.388. The number of benzene rings is 2. The molecule has 0 heterocycles. The summed E-state index contributed by atoms with van der Waals surface area (Å²) >= 11 is 12.0. The summed E-state index contributed by atoms with van der Waals surface area (Å²) in [7, 11) is 0. The van der Waals surface area contributed by atoms with Crippen molar-refractivity contribution in [3.8, 4) is 0 Å². The van der Waals surface area contributed by atoms with E-state index in [-0.39, 0.29) is 6.42 Å². The predicted molar refractivity (Wildman–Crippen MR) is 112 cm³/mol. The number of ether oxygens (including phenoxy) is 1. The van der Waals surface area contributed by atoms with E-state index in [4.69, 9.17) is 27.9 Å². The quantitative estimate of drug-likeness (QED) is 0.594. The van der Waals surface area contributed by atoms with Crippen LogP contribution in [0.5, 0.6) is 0 Å². The van der Waals surface area contributed by atoms with E-state index in [1.54, 1.807) is 39.0 Å². The van der Waals surface area contributed by atoms with E-state index in [1.165, 1.54) is 0 Å². The molecule has 1 atom stereocenters. The molecule has 28 heavy (non-hydrogen) atoms. The molecule has 2 aromatic carbocycles. The molecule has 0 aromatic heterocycles. The summed E-state index contributed by atoms with van der Waals surface area (Å²) in [5.74, 6) is -0.453. The van der Waals surface area contributed by atoms with Crippen LogP contribution in [-0.2, 0) is 16.0 Å².